The van der Waals surface area contributed by atoms with Crippen LogP contribution in [-0.4, -0.2) is 30.1 Å². The molecule has 0 bridgehead atoms. The average molecular weight is 252 g/mol. The van der Waals surface area contributed by atoms with Gasteiger partial charge in [0.15, 0.2) is 0 Å². The van der Waals surface area contributed by atoms with E-state index in [2.05, 4.69) is 5.32 Å². The van der Waals surface area contributed by atoms with Gasteiger partial charge in [-0.1, -0.05) is 18.2 Å². The highest BCUT2D eigenvalue weighted by Gasteiger charge is 2.16. The number of ether oxygens (including phenoxy) is 1. The molecule has 1 atom stereocenters. The van der Waals surface area contributed by atoms with Crippen LogP contribution < -0.4 is 15.8 Å². The Labute approximate surface area is 105 Å². The fourth-order valence-electron chi connectivity index (χ4n) is 1.40. The number of hydrogen-bond acceptors (Lipinski definition) is 4. The standard InChI is InChI=1S/C12H16N2O4/c1-18-10-5-3-2-4-8(10)7-14-11(15)6-9(13)12(16)17/h2-5,9H,6-7,13H2,1H3,(H,14,15)(H,16,17). The zero-order valence-electron chi connectivity index (χ0n) is 10.1. The molecule has 4 N–H and O–H groups in total. The molecule has 1 aromatic carbocycles. The third kappa shape index (κ3) is 4.06. The fourth-order valence-corrected chi connectivity index (χ4v) is 1.40. The Hall–Kier alpha value is -2.08. The molecule has 0 aliphatic heterocycles. The number of methoxy groups -OCH3 is 1. The van der Waals surface area contributed by atoms with Crippen LogP contribution in [0.4, 0.5) is 0 Å². The van der Waals surface area contributed by atoms with Gasteiger partial charge in [0, 0.05) is 12.1 Å². The largest absolute Gasteiger partial charge is 0.496 e. The summed E-state index contributed by atoms with van der Waals surface area (Å²) in [4.78, 5) is 21.9. The zero-order valence-corrected chi connectivity index (χ0v) is 10.1. The van der Waals surface area contributed by atoms with E-state index in [1.54, 1.807) is 13.2 Å². The summed E-state index contributed by atoms with van der Waals surface area (Å²) in [5.41, 5.74) is 6.07. The molecule has 1 amide bonds. The monoisotopic (exact) mass is 252 g/mol. The maximum Gasteiger partial charge on any atom is 0.321 e. The van der Waals surface area contributed by atoms with Crippen molar-refractivity contribution in [1.29, 1.82) is 0 Å². The van der Waals surface area contributed by atoms with Crippen molar-refractivity contribution in [3.05, 3.63) is 29.8 Å². The van der Waals surface area contributed by atoms with Gasteiger partial charge in [-0.05, 0) is 6.07 Å². The third-order valence-corrected chi connectivity index (χ3v) is 2.39. The van der Waals surface area contributed by atoms with E-state index < -0.39 is 17.9 Å². The number of rotatable bonds is 6. The van der Waals surface area contributed by atoms with E-state index in [-0.39, 0.29) is 13.0 Å². The number of carboxylic acid groups (broad SMARTS) is 1. The molecule has 6 nitrogen and oxygen atoms in total. The first kappa shape index (κ1) is 14.0. The van der Waals surface area contributed by atoms with Gasteiger partial charge >= 0.3 is 5.97 Å². The molecule has 6 heteroatoms. The maximum absolute atomic E-state index is 11.4. The van der Waals surface area contributed by atoms with Gasteiger partial charge in [0.2, 0.25) is 5.91 Å². The number of amides is 1. The minimum absolute atomic E-state index is 0.246. The highest BCUT2D eigenvalue weighted by molar-refractivity contribution is 5.84. The van der Waals surface area contributed by atoms with Gasteiger partial charge in [-0.2, -0.15) is 0 Å². The van der Waals surface area contributed by atoms with E-state index in [1.807, 2.05) is 18.2 Å². The Kier molecular flexibility index (Phi) is 5.13. The number of carboxylic acids is 1. The lowest BCUT2D eigenvalue weighted by Crippen LogP contribution is -2.36. The average Bonchev–Trinajstić information content (AvgIpc) is 2.36. The first-order chi connectivity index (χ1) is 8.54. The molecule has 0 fully saturated rings. The number of aliphatic carboxylic acids is 1. The van der Waals surface area contributed by atoms with Crippen molar-refractivity contribution in [2.75, 3.05) is 7.11 Å². The van der Waals surface area contributed by atoms with Crippen molar-refractivity contribution in [3.8, 4) is 5.75 Å². The zero-order chi connectivity index (χ0) is 13.5. The molecule has 0 aromatic heterocycles. The minimum Gasteiger partial charge on any atom is -0.496 e. The first-order valence-electron chi connectivity index (χ1n) is 5.41. The Bertz CT molecular complexity index is 434. The normalized spacial score (nSPS) is 11.7. The van der Waals surface area contributed by atoms with Crippen molar-refractivity contribution >= 4 is 11.9 Å². The maximum atomic E-state index is 11.4. The summed E-state index contributed by atoms with van der Waals surface area (Å²) in [6, 6.07) is 6.07. The first-order valence-corrected chi connectivity index (χ1v) is 5.41. The van der Waals surface area contributed by atoms with Gasteiger partial charge in [-0.15, -0.1) is 0 Å². The summed E-state index contributed by atoms with van der Waals surface area (Å²) in [5.74, 6) is -0.932. The molecule has 1 rings (SSSR count). The molecule has 1 aromatic rings. The van der Waals surface area contributed by atoms with Crippen LogP contribution in [0.5, 0.6) is 5.75 Å². The summed E-state index contributed by atoms with van der Waals surface area (Å²) < 4.78 is 5.13. The molecule has 18 heavy (non-hydrogen) atoms. The number of carbonyl (C=O) groups excluding carboxylic acids is 1. The highest BCUT2D eigenvalue weighted by Crippen LogP contribution is 2.16. The van der Waals surface area contributed by atoms with Gasteiger partial charge in [0.05, 0.1) is 13.5 Å². The molecule has 0 radical (unpaired) electrons. The fraction of sp³-hybridized carbons (Fsp3) is 0.333. The lowest BCUT2D eigenvalue weighted by Gasteiger charge is -2.10. The van der Waals surface area contributed by atoms with Crippen LogP contribution in [-0.2, 0) is 16.1 Å². The van der Waals surface area contributed by atoms with Crippen LogP contribution in [0.25, 0.3) is 0 Å². The summed E-state index contributed by atoms with van der Waals surface area (Å²) in [6.07, 6.45) is -0.246. The minimum atomic E-state index is -1.19. The van der Waals surface area contributed by atoms with Crippen LogP contribution in [0.2, 0.25) is 0 Å². The summed E-state index contributed by atoms with van der Waals surface area (Å²) in [7, 11) is 1.54. The number of benzene rings is 1. The second kappa shape index (κ2) is 6.61. The van der Waals surface area contributed by atoms with E-state index in [0.29, 0.717) is 5.75 Å². The molecule has 1 unspecified atom stereocenters. The van der Waals surface area contributed by atoms with Crippen molar-refractivity contribution in [2.24, 2.45) is 5.73 Å². The van der Waals surface area contributed by atoms with Gasteiger partial charge in [-0.3, -0.25) is 9.59 Å². The second-order valence-corrected chi connectivity index (χ2v) is 3.74. The van der Waals surface area contributed by atoms with Gasteiger partial charge in [0.25, 0.3) is 0 Å². The summed E-state index contributed by atoms with van der Waals surface area (Å²) >= 11 is 0. The number of nitrogens with one attached hydrogen (secondary N) is 1. The summed E-state index contributed by atoms with van der Waals surface area (Å²) in [6.45, 7) is 0.273. The van der Waals surface area contributed by atoms with E-state index in [9.17, 15) is 9.59 Å². The van der Waals surface area contributed by atoms with Crippen LogP contribution in [0.1, 0.15) is 12.0 Å². The predicted molar refractivity (Wildman–Crippen MR) is 65.1 cm³/mol. The van der Waals surface area contributed by atoms with Crippen LogP contribution >= 0.6 is 0 Å². The van der Waals surface area contributed by atoms with Crippen molar-refractivity contribution in [3.63, 3.8) is 0 Å². The Morgan fingerprint density at radius 3 is 2.72 bits per heavy atom. The van der Waals surface area contributed by atoms with Crippen molar-refractivity contribution in [2.45, 2.75) is 19.0 Å². The Balaban J connectivity index is 2.50. The Morgan fingerprint density at radius 1 is 1.44 bits per heavy atom. The van der Waals surface area contributed by atoms with E-state index in [1.165, 1.54) is 0 Å². The van der Waals surface area contributed by atoms with Crippen molar-refractivity contribution in [1.82, 2.24) is 5.32 Å². The third-order valence-electron chi connectivity index (χ3n) is 2.39. The van der Waals surface area contributed by atoms with E-state index in [0.717, 1.165) is 5.56 Å². The lowest BCUT2D eigenvalue weighted by atomic mass is 10.2. The molecule has 0 spiro atoms. The predicted octanol–water partition coefficient (Wildman–Crippen LogP) is 0.113. The molecule has 0 heterocycles. The number of nitrogens with two attached hydrogens (primary N) is 1. The van der Waals surface area contributed by atoms with Gasteiger partial charge in [0.1, 0.15) is 11.8 Å². The van der Waals surface area contributed by atoms with Crippen LogP contribution in [0.15, 0.2) is 24.3 Å². The lowest BCUT2D eigenvalue weighted by molar-refractivity contribution is -0.140. The summed E-state index contributed by atoms with van der Waals surface area (Å²) in [5, 5.41) is 11.2. The topological polar surface area (TPSA) is 102 Å². The van der Waals surface area contributed by atoms with Crippen LogP contribution in [0, 0.1) is 0 Å². The smallest absolute Gasteiger partial charge is 0.321 e. The SMILES string of the molecule is COc1ccccc1CNC(=O)CC(N)C(=O)O. The molecule has 0 aliphatic rings. The molecule has 0 aliphatic carbocycles. The Morgan fingerprint density at radius 2 is 2.11 bits per heavy atom. The van der Waals surface area contributed by atoms with Gasteiger partial charge < -0.3 is 20.9 Å². The number of hydrogen-bond donors (Lipinski definition) is 3. The van der Waals surface area contributed by atoms with E-state index >= 15 is 0 Å². The molecular weight excluding hydrogens is 236 g/mol. The molecule has 0 saturated heterocycles. The van der Waals surface area contributed by atoms with Gasteiger partial charge in [-0.25, -0.2) is 0 Å². The quantitative estimate of drug-likeness (QED) is 0.667. The number of carbonyl (C=O) groups is 2. The molecular formula is C12H16N2O4. The molecule has 98 valence electrons. The molecule has 0 saturated carbocycles. The van der Waals surface area contributed by atoms with Crippen molar-refractivity contribution < 1.29 is 19.4 Å². The number of para-hydroxylation sites is 1. The highest BCUT2D eigenvalue weighted by atomic mass is 16.5. The van der Waals surface area contributed by atoms with Crippen LogP contribution in [0.3, 0.4) is 0 Å². The van der Waals surface area contributed by atoms with E-state index in [4.69, 9.17) is 15.6 Å². The second-order valence-electron chi connectivity index (χ2n) is 3.74.